The molecule has 0 amide bonds. The number of anilines is 1. The second-order valence-electron chi connectivity index (χ2n) is 5.73. The Morgan fingerprint density at radius 2 is 1.73 bits per heavy atom. The number of nitrogens with two attached hydrogens (primary N) is 1. The van der Waals surface area contributed by atoms with Crippen LogP contribution in [0.2, 0.25) is 0 Å². The molecule has 2 aromatic rings. The molecule has 0 saturated heterocycles. The van der Waals surface area contributed by atoms with Crippen LogP contribution in [-0.2, 0) is 0 Å². The number of para-hydroxylation sites is 2. The van der Waals surface area contributed by atoms with Crippen LogP contribution in [0.3, 0.4) is 0 Å². The largest absolute Gasteiger partial charge is 0.573 e. The van der Waals surface area contributed by atoms with Crippen molar-refractivity contribution in [2.75, 3.05) is 5.32 Å². The van der Waals surface area contributed by atoms with Gasteiger partial charge in [-0.1, -0.05) is 18.2 Å². The summed E-state index contributed by atoms with van der Waals surface area (Å²) in [4.78, 5) is 4.07. The number of nitrogens with one attached hydrogen (secondary N) is 1. The number of hydrogen-bond acceptors (Lipinski definition) is 2. The van der Waals surface area contributed by atoms with Crippen LogP contribution in [0.4, 0.5) is 27.6 Å². The van der Waals surface area contributed by atoms with Crippen LogP contribution in [0.5, 0.6) is 5.75 Å². The number of rotatable bonds is 4. The second-order valence-corrected chi connectivity index (χ2v) is 5.73. The minimum atomic E-state index is -4.85. The number of hydrogen-bond donors (Lipinski definition) is 2. The molecule has 1 aliphatic carbocycles. The first-order valence-corrected chi connectivity index (χ1v) is 7.63. The van der Waals surface area contributed by atoms with Crippen molar-refractivity contribution in [3.8, 4) is 5.75 Å². The molecular weight excluding hydrogens is 357 g/mol. The van der Waals surface area contributed by atoms with Gasteiger partial charge in [-0.2, -0.15) is 0 Å². The standard InChI is InChI=1S/C17H14F5N3O/c18-10-4-3-5-11(19)15(10)9-8-13(9)25-16(23)24-12-6-1-2-7-14(12)26-17(20,21)22/h1-7,9,13H,8H2,(H3,23,24,25). The molecule has 26 heavy (non-hydrogen) atoms. The molecule has 1 aliphatic rings. The Balaban J connectivity index is 1.71. The highest BCUT2D eigenvalue weighted by atomic mass is 19.4. The van der Waals surface area contributed by atoms with Gasteiger partial charge in [0.2, 0.25) is 0 Å². The van der Waals surface area contributed by atoms with Gasteiger partial charge in [-0.05, 0) is 30.7 Å². The molecule has 2 aromatic carbocycles. The topological polar surface area (TPSA) is 59.6 Å². The van der Waals surface area contributed by atoms with Crippen LogP contribution in [0, 0.1) is 11.6 Å². The minimum absolute atomic E-state index is 0.0275. The van der Waals surface area contributed by atoms with E-state index in [1.54, 1.807) is 0 Å². The van der Waals surface area contributed by atoms with Crippen LogP contribution in [0.25, 0.3) is 0 Å². The van der Waals surface area contributed by atoms with Gasteiger partial charge in [-0.15, -0.1) is 13.2 Å². The van der Waals surface area contributed by atoms with Gasteiger partial charge < -0.3 is 15.8 Å². The zero-order valence-corrected chi connectivity index (χ0v) is 13.2. The quantitative estimate of drug-likeness (QED) is 0.482. The van der Waals surface area contributed by atoms with Crippen molar-refractivity contribution < 1.29 is 26.7 Å². The lowest BCUT2D eigenvalue weighted by Gasteiger charge is -2.14. The summed E-state index contributed by atoms with van der Waals surface area (Å²) in [5.41, 5.74) is 5.62. The van der Waals surface area contributed by atoms with Gasteiger partial charge >= 0.3 is 6.36 Å². The van der Waals surface area contributed by atoms with Crippen molar-refractivity contribution in [3.63, 3.8) is 0 Å². The molecule has 0 radical (unpaired) electrons. The van der Waals surface area contributed by atoms with Crippen molar-refractivity contribution in [2.24, 2.45) is 10.7 Å². The average molecular weight is 371 g/mol. The maximum absolute atomic E-state index is 13.8. The van der Waals surface area contributed by atoms with Crippen LogP contribution in [-0.4, -0.2) is 18.4 Å². The smallest absolute Gasteiger partial charge is 0.404 e. The third-order valence-corrected chi connectivity index (χ3v) is 3.81. The molecule has 9 heteroatoms. The van der Waals surface area contributed by atoms with Crippen molar-refractivity contribution in [3.05, 3.63) is 59.7 Å². The second kappa shape index (κ2) is 6.81. The first kappa shape index (κ1) is 18.0. The molecule has 3 N–H and O–H groups in total. The van der Waals surface area contributed by atoms with Gasteiger partial charge in [0.15, 0.2) is 11.7 Å². The maximum Gasteiger partial charge on any atom is 0.573 e. The van der Waals surface area contributed by atoms with Crippen LogP contribution in [0.1, 0.15) is 17.9 Å². The number of aliphatic imine (C=N–C) groups is 1. The van der Waals surface area contributed by atoms with E-state index in [0.29, 0.717) is 6.42 Å². The van der Waals surface area contributed by atoms with Gasteiger partial charge in [0.1, 0.15) is 11.6 Å². The minimum Gasteiger partial charge on any atom is -0.404 e. The highest BCUT2D eigenvalue weighted by Crippen LogP contribution is 2.45. The summed E-state index contributed by atoms with van der Waals surface area (Å²) in [7, 11) is 0. The summed E-state index contributed by atoms with van der Waals surface area (Å²) < 4.78 is 68.6. The third kappa shape index (κ3) is 4.22. The number of nitrogens with zero attached hydrogens (tertiary/aromatic N) is 1. The molecule has 2 atom stereocenters. The Morgan fingerprint density at radius 3 is 2.38 bits per heavy atom. The van der Waals surface area contributed by atoms with Crippen molar-refractivity contribution in [1.29, 1.82) is 0 Å². The van der Waals surface area contributed by atoms with Crippen LogP contribution >= 0.6 is 0 Å². The molecule has 0 heterocycles. The molecule has 1 fully saturated rings. The number of halogens is 5. The summed E-state index contributed by atoms with van der Waals surface area (Å²) >= 11 is 0. The lowest BCUT2D eigenvalue weighted by atomic mass is 10.1. The highest BCUT2D eigenvalue weighted by molar-refractivity contribution is 5.94. The summed E-state index contributed by atoms with van der Waals surface area (Å²) in [5.74, 6) is -2.43. The first-order chi connectivity index (χ1) is 12.2. The first-order valence-electron chi connectivity index (χ1n) is 7.63. The number of ether oxygens (including phenoxy) is 1. The van der Waals surface area contributed by atoms with Crippen molar-refractivity contribution >= 4 is 11.6 Å². The van der Waals surface area contributed by atoms with E-state index in [1.807, 2.05) is 0 Å². The molecule has 0 spiro atoms. The third-order valence-electron chi connectivity index (χ3n) is 3.81. The molecule has 0 aliphatic heterocycles. The molecule has 4 nitrogen and oxygen atoms in total. The predicted octanol–water partition coefficient (Wildman–Crippen LogP) is 4.15. The van der Waals surface area contributed by atoms with Crippen molar-refractivity contribution in [1.82, 2.24) is 0 Å². The summed E-state index contributed by atoms with van der Waals surface area (Å²) in [6.07, 6.45) is -4.46. The fraction of sp³-hybridized carbons (Fsp3) is 0.235. The van der Waals surface area contributed by atoms with E-state index >= 15 is 0 Å². The van der Waals surface area contributed by atoms with Gasteiger partial charge in [-0.3, -0.25) is 0 Å². The normalized spacial score (nSPS) is 20.0. The summed E-state index contributed by atoms with van der Waals surface area (Å²) in [6, 6.07) is 8.45. The highest BCUT2D eigenvalue weighted by Gasteiger charge is 2.42. The Hall–Kier alpha value is -2.84. The zero-order chi connectivity index (χ0) is 18.9. The Bertz CT molecular complexity index is 817. The van der Waals surface area contributed by atoms with E-state index < -0.39 is 35.7 Å². The molecule has 0 bridgehead atoms. The SMILES string of the molecule is NC(=NC1CC1c1c(F)cccc1F)Nc1ccccc1OC(F)(F)F. The Morgan fingerprint density at radius 1 is 1.08 bits per heavy atom. The van der Waals surface area contributed by atoms with E-state index in [4.69, 9.17) is 5.73 Å². The van der Waals surface area contributed by atoms with E-state index in [-0.39, 0.29) is 17.2 Å². The maximum atomic E-state index is 13.8. The van der Waals surface area contributed by atoms with Crippen LogP contribution < -0.4 is 15.8 Å². The predicted molar refractivity (Wildman–Crippen MR) is 85.9 cm³/mol. The van der Waals surface area contributed by atoms with Gasteiger partial charge in [0, 0.05) is 11.5 Å². The fourth-order valence-corrected chi connectivity index (χ4v) is 2.63. The van der Waals surface area contributed by atoms with Gasteiger partial charge in [0.25, 0.3) is 0 Å². The van der Waals surface area contributed by atoms with Crippen molar-refractivity contribution in [2.45, 2.75) is 24.7 Å². The lowest BCUT2D eigenvalue weighted by Crippen LogP contribution is -2.25. The number of benzene rings is 2. The molecule has 1 saturated carbocycles. The van der Waals surface area contributed by atoms with Gasteiger partial charge in [-0.25, -0.2) is 13.8 Å². The molecule has 2 unspecified atom stereocenters. The van der Waals surface area contributed by atoms with E-state index in [0.717, 1.165) is 18.2 Å². The Labute approximate surface area is 145 Å². The molecule has 138 valence electrons. The fourth-order valence-electron chi connectivity index (χ4n) is 2.63. The average Bonchev–Trinajstić information content (AvgIpc) is 3.26. The van der Waals surface area contributed by atoms with E-state index in [1.165, 1.54) is 24.3 Å². The Kier molecular flexibility index (Phi) is 4.71. The number of alkyl halides is 3. The lowest BCUT2D eigenvalue weighted by molar-refractivity contribution is -0.274. The molecule has 3 rings (SSSR count). The summed E-state index contributed by atoms with van der Waals surface area (Å²) in [6.45, 7) is 0. The van der Waals surface area contributed by atoms with Gasteiger partial charge in [0.05, 0.1) is 11.7 Å². The number of guanidine groups is 1. The van der Waals surface area contributed by atoms with Crippen LogP contribution in [0.15, 0.2) is 47.5 Å². The van der Waals surface area contributed by atoms with E-state index in [9.17, 15) is 22.0 Å². The van der Waals surface area contributed by atoms with E-state index in [2.05, 4.69) is 15.0 Å². The monoisotopic (exact) mass is 371 g/mol. The molecular formula is C17H14F5N3O. The molecule has 0 aromatic heterocycles. The zero-order valence-electron chi connectivity index (χ0n) is 13.2. The summed E-state index contributed by atoms with van der Waals surface area (Å²) in [5, 5.41) is 2.52.